The monoisotopic (exact) mass is 514 g/mol. The molecule has 0 amide bonds. The minimum atomic E-state index is -0.780. The second kappa shape index (κ2) is 13.1. The van der Waals surface area contributed by atoms with Crippen LogP contribution >= 0.6 is 0 Å². The van der Waals surface area contributed by atoms with Gasteiger partial charge in [0.15, 0.2) is 0 Å². The molecule has 1 aliphatic rings. The smallest absolute Gasteiger partial charge is 0.304 e. The summed E-state index contributed by atoms with van der Waals surface area (Å²) in [6.07, 6.45) is 3.78. The van der Waals surface area contributed by atoms with Crippen molar-refractivity contribution in [3.05, 3.63) is 77.4 Å². The van der Waals surface area contributed by atoms with E-state index < -0.39 is 5.97 Å². The number of carboxylic acid groups (broad SMARTS) is 1. The van der Waals surface area contributed by atoms with Crippen molar-refractivity contribution in [2.75, 3.05) is 19.7 Å². The van der Waals surface area contributed by atoms with Crippen molar-refractivity contribution in [3.63, 3.8) is 0 Å². The zero-order chi connectivity index (χ0) is 27.1. The molecule has 0 unspecified atom stereocenters. The number of aliphatic carboxylic acids is 1. The van der Waals surface area contributed by atoms with E-state index in [2.05, 4.69) is 98.6 Å². The van der Waals surface area contributed by atoms with Crippen molar-refractivity contribution in [2.45, 2.75) is 72.0 Å². The quantitative estimate of drug-likeness (QED) is 0.259. The Labute approximate surface area is 227 Å². The first-order valence-electron chi connectivity index (χ1n) is 13.9. The largest absolute Gasteiger partial charge is 0.493 e. The van der Waals surface area contributed by atoms with Gasteiger partial charge in [-0.15, -0.1) is 0 Å². The fourth-order valence-electron chi connectivity index (χ4n) is 5.65. The Bertz CT molecular complexity index is 1210. The van der Waals surface area contributed by atoms with Crippen molar-refractivity contribution in [3.8, 4) is 28.0 Å². The van der Waals surface area contributed by atoms with Crippen LogP contribution in [-0.2, 0) is 11.3 Å². The highest BCUT2D eigenvalue weighted by Gasteiger charge is 2.26. The van der Waals surface area contributed by atoms with Crippen LogP contribution in [0.3, 0.4) is 0 Å². The highest BCUT2D eigenvalue weighted by atomic mass is 16.5. The van der Waals surface area contributed by atoms with Crippen LogP contribution in [0.4, 0.5) is 0 Å². The summed E-state index contributed by atoms with van der Waals surface area (Å²) in [5, 5.41) is 12.0. The summed E-state index contributed by atoms with van der Waals surface area (Å²) in [5.74, 6) is 0.187. The molecule has 4 rings (SSSR count). The molecule has 5 heteroatoms. The molecule has 3 aromatic rings. The van der Waals surface area contributed by atoms with Crippen LogP contribution in [0.25, 0.3) is 22.3 Å². The molecule has 202 valence electrons. The summed E-state index contributed by atoms with van der Waals surface area (Å²) in [6, 6.07) is 22.8. The lowest BCUT2D eigenvalue weighted by molar-refractivity contribution is -0.136. The number of ether oxygens (including phenoxy) is 1. The number of likely N-dealkylation sites (tertiary alicyclic amines) is 1. The fraction of sp³-hybridized carbons (Fsp3) is 0.424. The van der Waals surface area contributed by atoms with E-state index in [0.717, 1.165) is 30.9 Å². The van der Waals surface area contributed by atoms with Gasteiger partial charge >= 0.3 is 5.97 Å². The average molecular weight is 515 g/mol. The Morgan fingerprint density at radius 1 is 0.921 bits per heavy atom. The summed E-state index contributed by atoms with van der Waals surface area (Å²) < 4.78 is 6.29. The Morgan fingerprint density at radius 3 is 2.24 bits per heavy atom. The van der Waals surface area contributed by atoms with Gasteiger partial charge in [0.2, 0.25) is 0 Å². The minimum absolute atomic E-state index is 0.132. The average Bonchev–Trinajstić information content (AvgIpc) is 3.23. The van der Waals surface area contributed by atoms with Gasteiger partial charge in [-0.3, -0.25) is 9.69 Å². The van der Waals surface area contributed by atoms with Crippen LogP contribution in [0.1, 0.15) is 56.2 Å². The summed E-state index contributed by atoms with van der Waals surface area (Å²) in [5.41, 5.74) is 8.40. The highest BCUT2D eigenvalue weighted by Crippen LogP contribution is 2.36. The molecule has 0 saturated carbocycles. The van der Waals surface area contributed by atoms with Crippen LogP contribution in [0.5, 0.6) is 5.75 Å². The van der Waals surface area contributed by atoms with E-state index in [1.165, 1.54) is 46.2 Å². The summed E-state index contributed by atoms with van der Waals surface area (Å²) >= 11 is 0. The van der Waals surface area contributed by atoms with Gasteiger partial charge < -0.3 is 15.2 Å². The predicted octanol–water partition coefficient (Wildman–Crippen LogP) is 6.84. The Morgan fingerprint density at radius 2 is 1.55 bits per heavy atom. The minimum Gasteiger partial charge on any atom is -0.493 e. The number of carbonyl (C=O) groups is 1. The first kappa shape index (κ1) is 27.9. The highest BCUT2D eigenvalue weighted by molar-refractivity contribution is 5.80. The number of nitrogens with zero attached hydrogens (tertiary/aromatic N) is 1. The van der Waals surface area contributed by atoms with Crippen molar-refractivity contribution >= 4 is 5.97 Å². The van der Waals surface area contributed by atoms with Crippen molar-refractivity contribution in [1.29, 1.82) is 0 Å². The third-order valence-corrected chi connectivity index (χ3v) is 7.97. The van der Waals surface area contributed by atoms with Gasteiger partial charge in [0.25, 0.3) is 0 Å². The van der Waals surface area contributed by atoms with Gasteiger partial charge in [0.05, 0.1) is 13.0 Å². The van der Waals surface area contributed by atoms with E-state index in [-0.39, 0.29) is 6.42 Å². The molecule has 0 radical (unpaired) electrons. The molecular weight excluding hydrogens is 472 g/mol. The topological polar surface area (TPSA) is 61.8 Å². The lowest BCUT2D eigenvalue weighted by Gasteiger charge is -2.25. The van der Waals surface area contributed by atoms with E-state index in [1.54, 1.807) is 0 Å². The number of carboxylic acids is 1. The molecule has 2 N–H and O–H groups in total. The number of hydrogen-bond acceptors (Lipinski definition) is 4. The van der Waals surface area contributed by atoms with Gasteiger partial charge in [0, 0.05) is 31.7 Å². The molecule has 1 saturated heterocycles. The first-order valence-corrected chi connectivity index (χ1v) is 13.9. The lowest BCUT2D eigenvalue weighted by atomic mass is 9.90. The number of benzene rings is 3. The maximum Gasteiger partial charge on any atom is 0.304 e. The van der Waals surface area contributed by atoms with E-state index in [0.29, 0.717) is 25.2 Å². The third-order valence-electron chi connectivity index (χ3n) is 7.97. The fourth-order valence-corrected chi connectivity index (χ4v) is 5.65. The van der Waals surface area contributed by atoms with Crippen LogP contribution < -0.4 is 10.1 Å². The zero-order valence-corrected chi connectivity index (χ0v) is 23.3. The molecule has 2 atom stereocenters. The van der Waals surface area contributed by atoms with Crippen molar-refractivity contribution in [1.82, 2.24) is 10.2 Å². The van der Waals surface area contributed by atoms with Crippen molar-refractivity contribution < 1.29 is 14.6 Å². The standard InChI is InChI=1S/C33H42N2O3/c1-23-12-13-24(2)35(23)20-7-21-38-32-11-6-10-31(26(32)4)30-9-5-8-29(25(30)3)28-16-14-27(15-17-28)22-34-19-18-33(36)37/h5-6,8-11,14-17,23-24,34H,7,12-13,18-22H2,1-4H3,(H,36,37)/t23-,24-/m1/s1. The molecule has 3 aromatic carbocycles. The maximum atomic E-state index is 10.7. The Kier molecular flexibility index (Phi) is 9.59. The third kappa shape index (κ3) is 6.83. The number of nitrogens with one attached hydrogen (secondary N) is 1. The van der Waals surface area contributed by atoms with E-state index in [4.69, 9.17) is 9.84 Å². The molecule has 0 spiro atoms. The predicted molar refractivity (Wildman–Crippen MR) is 156 cm³/mol. The first-order chi connectivity index (χ1) is 18.3. The van der Waals surface area contributed by atoms with Crippen molar-refractivity contribution in [2.24, 2.45) is 0 Å². The zero-order valence-electron chi connectivity index (χ0n) is 23.3. The molecule has 5 nitrogen and oxygen atoms in total. The second-order valence-electron chi connectivity index (χ2n) is 10.6. The van der Waals surface area contributed by atoms with Gasteiger partial charge in [0.1, 0.15) is 5.75 Å². The molecule has 38 heavy (non-hydrogen) atoms. The van der Waals surface area contributed by atoms with E-state index in [1.807, 2.05) is 0 Å². The maximum absolute atomic E-state index is 10.7. The summed E-state index contributed by atoms with van der Waals surface area (Å²) in [4.78, 5) is 13.3. The van der Waals surface area contributed by atoms with Crippen LogP contribution in [-0.4, -0.2) is 47.8 Å². The van der Waals surface area contributed by atoms with Gasteiger partial charge in [-0.05, 0) is 92.0 Å². The SMILES string of the molecule is Cc1c(OCCCN2[C@H](C)CC[C@H]2C)cccc1-c1cccc(-c2ccc(CNCCC(=O)O)cc2)c1C. The summed E-state index contributed by atoms with van der Waals surface area (Å²) in [7, 11) is 0. The molecule has 0 aromatic heterocycles. The number of rotatable bonds is 12. The van der Waals surface area contributed by atoms with Gasteiger partial charge in [-0.25, -0.2) is 0 Å². The van der Waals surface area contributed by atoms with Gasteiger partial charge in [-0.1, -0.05) is 54.6 Å². The van der Waals surface area contributed by atoms with E-state index in [9.17, 15) is 4.79 Å². The van der Waals surface area contributed by atoms with Crippen LogP contribution in [0, 0.1) is 13.8 Å². The summed E-state index contributed by atoms with van der Waals surface area (Å²) in [6.45, 7) is 12.0. The molecule has 1 fully saturated rings. The van der Waals surface area contributed by atoms with E-state index >= 15 is 0 Å². The number of hydrogen-bond donors (Lipinski definition) is 2. The molecule has 0 aliphatic carbocycles. The van der Waals surface area contributed by atoms with Gasteiger partial charge in [-0.2, -0.15) is 0 Å². The van der Waals surface area contributed by atoms with Crippen LogP contribution in [0.2, 0.25) is 0 Å². The molecular formula is C33H42N2O3. The Balaban J connectivity index is 1.43. The molecule has 0 bridgehead atoms. The molecule has 1 heterocycles. The molecule has 1 aliphatic heterocycles. The second-order valence-corrected chi connectivity index (χ2v) is 10.6. The van der Waals surface area contributed by atoms with Crippen LogP contribution in [0.15, 0.2) is 60.7 Å². The normalized spacial score (nSPS) is 17.6. The lowest BCUT2D eigenvalue weighted by Crippen LogP contribution is -2.34. The Hall–Kier alpha value is -3.15.